The van der Waals surface area contributed by atoms with Crippen LogP contribution < -0.4 is 10.3 Å². The molecule has 0 bridgehead atoms. The fourth-order valence-electron chi connectivity index (χ4n) is 2.41. The Morgan fingerprint density at radius 2 is 1.89 bits per heavy atom. The van der Waals surface area contributed by atoms with Gasteiger partial charge in [0.05, 0.1) is 7.11 Å². The number of hydrogen-bond donors (Lipinski definition) is 1. The summed E-state index contributed by atoms with van der Waals surface area (Å²) in [6, 6.07) is 11.7. The van der Waals surface area contributed by atoms with Crippen LogP contribution in [0.15, 0.2) is 41.2 Å². The van der Waals surface area contributed by atoms with E-state index < -0.39 is 0 Å². The lowest BCUT2D eigenvalue weighted by Crippen LogP contribution is -2.06. The van der Waals surface area contributed by atoms with Gasteiger partial charge in [0.25, 0.3) is 5.56 Å². The molecule has 0 radical (unpaired) electrons. The van der Waals surface area contributed by atoms with Crippen molar-refractivity contribution in [3.05, 3.63) is 52.3 Å². The maximum Gasteiger partial charge on any atom is 0.256 e. The fraction of sp³-hybridized carbons (Fsp3) is 0.188. The van der Waals surface area contributed by atoms with Gasteiger partial charge in [-0.05, 0) is 41.6 Å². The molecule has 1 aromatic heterocycles. The molecule has 1 heterocycles. The molecule has 0 saturated heterocycles. The first-order valence-corrected chi connectivity index (χ1v) is 6.35. The van der Waals surface area contributed by atoms with Crippen molar-refractivity contribution >= 4 is 21.7 Å². The van der Waals surface area contributed by atoms with Gasteiger partial charge in [-0.1, -0.05) is 19.1 Å². The first-order valence-electron chi connectivity index (χ1n) is 6.35. The molecule has 0 fully saturated rings. The van der Waals surface area contributed by atoms with Crippen molar-refractivity contribution in [2.24, 2.45) is 0 Å². The number of H-pyrrole nitrogens is 1. The van der Waals surface area contributed by atoms with Gasteiger partial charge in [-0.25, -0.2) is 0 Å². The topological polar surface area (TPSA) is 42.1 Å². The predicted molar refractivity (Wildman–Crippen MR) is 78.0 cm³/mol. The Kier molecular flexibility index (Phi) is 2.75. The second-order valence-electron chi connectivity index (χ2n) is 4.60. The summed E-state index contributed by atoms with van der Waals surface area (Å²) in [6.45, 7) is 2.08. The van der Waals surface area contributed by atoms with Crippen molar-refractivity contribution in [2.75, 3.05) is 7.11 Å². The normalized spacial score (nSPS) is 11.1. The molecule has 3 aromatic rings. The van der Waals surface area contributed by atoms with E-state index in [0.717, 1.165) is 33.8 Å². The third kappa shape index (κ3) is 1.87. The molecule has 3 heteroatoms. The number of aromatic nitrogens is 1. The molecule has 19 heavy (non-hydrogen) atoms. The molecule has 1 N–H and O–H groups in total. The number of nitrogens with one attached hydrogen (secondary N) is 1. The molecule has 2 aromatic carbocycles. The second kappa shape index (κ2) is 4.43. The number of ether oxygens (including phenoxy) is 1. The van der Waals surface area contributed by atoms with Crippen molar-refractivity contribution in [3.63, 3.8) is 0 Å². The van der Waals surface area contributed by atoms with Crippen molar-refractivity contribution < 1.29 is 4.74 Å². The molecule has 0 atom stereocenters. The minimum atomic E-state index is -0.0389. The SMILES string of the molecule is CCc1ccc2c(c1)c(=O)[nH]c1ccc(OC)cc12. The number of aryl methyl sites for hydroxylation is 1. The average molecular weight is 253 g/mol. The molecule has 0 aliphatic rings. The van der Waals surface area contributed by atoms with E-state index >= 15 is 0 Å². The molecule has 0 saturated carbocycles. The summed E-state index contributed by atoms with van der Waals surface area (Å²) in [6.07, 6.45) is 0.922. The number of methoxy groups -OCH3 is 1. The fourth-order valence-corrected chi connectivity index (χ4v) is 2.41. The average Bonchev–Trinajstić information content (AvgIpc) is 2.46. The highest BCUT2D eigenvalue weighted by Crippen LogP contribution is 2.25. The highest BCUT2D eigenvalue weighted by Gasteiger charge is 2.06. The predicted octanol–water partition coefficient (Wildman–Crippen LogP) is 3.25. The summed E-state index contributed by atoms with van der Waals surface area (Å²) in [5, 5.41) is 2.71. The van der Waals surface area contributed by atoms with Crippen LogP contribution in [0.3, 0.4) is 0 Å². The quantitative estimate of drug-likeness (QED) is 0.712. The maximum absolute atomic E-state index is 12.1. The van der Waals surface area contributed by atoms with Gasteiger partial charge in [0.2, 0.25) is 0 Å². The first kappa shape index (κ1) is 11.8. The molecule has 3 nitrogen and oxygen atoms in total. The van der Waals surface area contributed by atoms with E-state index in [0.29, 0.717) is 0 Å². The Morgan fingerprint density at radius 3 is 2.63 bits per heavy atom. The third-order valence-electron chi connectivity index (χ3n) is 3.50. The van der Waals surface area contributed by atoms with Crippen LogP contribution in [0.5, 0.6) is 5.75 Å². The summed E-state index contributed by atoms with van der Waals surface area (Å²) in [4.78, 5) is 15.1. The summed E-state index contributed by atoms with van der Waals surface area (Å²) in [5.74, 6) is 0.792. The third-order valence-corrected chi connectivity index (χ3v) is 3.50. The highest BCUT2D eigenvalue weighted by atomic mass is 16.5. The number of fused-ring (bicyclic) bond motifs is 3. The van der Waals surface area contributed by atoms with Crippen molar-refractivity contribution in [3.8, 4) is 5.75 Å². The Bertz CT molecular complexity index is 818. The van der Waals surface area contributed by atoms with E-state index in [4.69, 9.17) is 4.74 Å². The number of aromatic amines is 1. The molecule has 3 rings (SSSR count). The van der Waals surface area contributed by atoms with Crippen LogP contribution in [0.25, 0.3) is 21.7 Å². The zero-order chi connectivity index (χ0) is 13.4. The Balaban J connectivity index is 2.46. The van der Waals surface area contributed by atoms with E-state index in [1.165, 1.54) is 5.56 Å². The van der Waals surface area contributed by atoms with Crippen LogP contribution >= 0.6 is 0 Å². The van der Waals surface area contributed by atoms with Crippen LogP contribution in [0.4, 0.5) is 0 Å². The number of pyridine rings is 1. The summed E-state index contributed by atoms with van der Waals surface area (Å²) in [5.41, 5.74) is 1.96. The molecule has 0 aliphatic heterocycles. The van der Waals surface area contributed by atoms with Crippen LogP contribution in [-0.2, 0) is 6.42 Å². The lowest BCUT2D eigenvalue weighted by atomic mass is 10.0. The van der Waals surface area contributed by atoms with E-state index in [-0.39, 0.29) is 5.56 Å². The Labute approximate surface area is 110 Å². The largest absolute Gasteiger partial charge is 0.497 e. The minimum absolute atomic E-state index is 0.0389. The van der Waals surface area contributed by atoms with Gasteiger partial charge in [-0.15, -0.1) is 0 Å². The molecule has 0 amide bonds. The zero-order valence-electron chi connectivity index (χ0n) is 11.0. The minimum Gasteiger partial charge on any atom is -0.497 e. The van der Waals surface area contributed by atoms with Gasteiger partial charge in [0, 0.05) is 16.3 Å². The Hall–Kier alpha value is -2.29. The zero-order valence-corrected chi connectivity index (χ0v) is 11.0. The van der Waals surface area contributed by atoms with Crippen molar-refractivity contribution in [1.29, 1.82) is 0 Å². The lowest BCUT2D eigenvalue weighted by molar-refractivity contribution is 0.415. The number of benzene rings is 2. The highest BCUT2D eigenvalue weighted by molar-refractivity contribution is 6.05. The summed E-state index contributed by atoms with van der Waals surface area (Å²) in [7, 11) is 1.64. The maximum atomic E-state index is 12.1. The van der Waals surface area contributed by atoms with Gasteiger partial charge in [0.1, 0.15) is 5.75 Å². The van der Waals surface area contributed by atoms with E-state index in [1.54, 1.807) is 7.11 Å². The van der Waals surface area contributed by atoms with Crippen LogP contribution in [-0.4, -0.2) is 12.1 Å². The molecule has 0 aliphatic carbocycles. The van der Waals surface area contributed by atoms with Gasteiger partial charge in [-0.3, -0.25) is 4.79 Å². The van der Waals surface area contributed by atoms with Gasteiger partial charge >= 0.3 is 0 Å². The lowest BCUT2D eigenvalue weighted by Gasteiger charge is -2.07. The van der Waals surface area contributed by atoms with Crippen molar-refractivity contribution in [2.45, 2.75) is 13.3 Å². The number of rotatable bonds is 2. The van der Waals surface area contributed by atoms with Crippen LogP contribution in [0, 0.1) is 0 Å². The van der Waals surface area contributed by atoms with Gasteiger partial charge < -0.3 is 9.72 Å². The van der Waals surface area contributed by atoms with Crippen LogP contribution in [0.1, 0.15) is 12.5 Å². The molecule has 96 valence electrons. The van der Waals surface area contributed by atoms with Crippen molar-refractivity contribution in [1.82, 2.24) is 4.98 Å². The van der Waals surface area contributed by atoms with E-state index in [9.17, 15) is 4.79 Å². The second-order valence-corrected chi connectivity index (χ2v) is 4.60. The smallest absolute Gasteiger partial charge is 0.256 e. The molecular weight excluding hydrogens is 238 g/mol. The van der Waals surface area contributed by atoms with Gasteiger partial charge in [0.15, 0.2) is 0 Å². The van der Waals surface area contributed by atoms with E-state index in [1.807, 2.05) is 30.3 Å². The Morgan fingerprint density at radius 1 is 1.05 bits per heavy atom. The van der Waals surface area contributed by atoms with Crippen LogP contribution in [0.2, 0.25) is 0 Å². The van der Waals surface area contributed by atoms with E-state index in [2.05, 4.69) is 18.0 Å². The first-order chi connectivity index (χ1) is 9.22. The molecule has 0 unspecified atom stereocenters. The molecule has 0 spiro atoms. The van der Waals surface area contributed by atoms with Gasteiger partial charge in [-0.2, -0.15) is 0 Å². The molecular formula is C16H15NO2. The summed E-state index contributed by atoms with van der Waals surface area (Å²) >= 11 is 0. The summed E-state index contributed by atoms with van der Waals surface area (Å²) < 4.78 is 5.25. The monoisotopic (exact) mass is 253 g/mol. The number of hydrogen-bond acceptors (Lipinski definition) is 2. The standard InChI is InChI=1S/C16H15NO2/c1-3-10-4-6-12-13-9-11(19-2)5-7-15(13)17-16(18)14(12)8-10/h4-9H,3H2,1-2H3,(H,17,18).